The molecule has 0 heterocycles. The van der Waals surface area contributed by atoms with Gasteiger partial charge in [0.15, 0.2) is 0 Å². The van der Waals surface area contributed by atoms with E-state index in [0.29, 0.717) is 5.56 Å². The van der Waals surface area contributed by atoms with Gasteiger partial charge in [-0.05, 0) is 60.6 Å². The molecule has 31 heavy (non-hydrogen) atoms. The van der Waals surface area contributed by atoms with Crippen LogP contribution >= 0.6 is 0 Å². The molecule has 2 aromatic rings. The largest absolute Gasteiger partial charge is 0.348 e. The molecule has 6 heteroatoms. The van der Waals surface area contributed by atoms with E-state index in [9.17, 15) is 14.4 Å². The van der Waals surface area contributed by atoms with Crippen LogP contribution in [0.3, 0.4) is 0 Å². The zero-order valence-corrected chi connectivity index (χ0v) is 18.6. The van der Waals surface area contributed by atoms with E-state index in [0.717, 1.165) is 29.7 Å². The molecule has 1 fully saturated rings. The number of benzene rings is 2. The third kappa shape index (κ3) is 6.41. The second-order valence-corrected chi connectivity index (χ2v) is 9.18. The van der Waals surface area contributed by atoms with Gasteiger partial charge in [-0.15, -0.1) is 0 Å². The Morgan fingerprint density at radius 2 is 1.58 bits per heavy atom. The molecule has 0 saturated heterocycles. The third-order valence-corrected chi connectivity index (χ3v) is 5.43. The summed E-state index contributed by atoms with van der Waals surface area (Å²) in [4.78, 5) is 36.4. The van der Waals surface area contributed by atoms with Crippen LogP contribution in [0, 0.1) is 5.92 Å². The molecule has 1 aliphatic carbocycles. The molecule has 0 bridgehead atoms. The number of nitrogens with one attached hydrogen (secondary N) is 3. The molecule has 0 aliphatic heterocycles. The summed E-state index contributed by atoms with van der Waals surface area (Å²) in [5.41, 5.74) is 3.36. The van der Waals surface area contributed by atoms with Crippen molar-refractivity contribution in [1.82, 2.24) is 10.6 Å². The Hall–Kier alpha value is -3.15. The van der Waals surface area contributed by atoms with E-state index in [1.807, 2.05) is 43.3 Å². The average molecular weight is 422 g/mol. The fourth-order valence-electron chi connectivity index (χ4n) is 3.21. The van der Waals surface area contributed by atoms with Crippen LogP contribution in [-0.4, -0.2) is 24.3 Å². The lowest BCUT2D eigenvalue weighted by Crippen LogP contribution is -2.38. The van der Waals surface area contributed by atoms with Crippen molar-refractivity contribution in [3.8, 4) is 0 Å². The van der Waals surface area contributed by atoms with Gasteiger partial charge in [0.05, 0.1) is 12.6 Å². The van der Waals surface area contributed by atoms with Crippen LogP contribution in [0.4, 0.5) is 5.69 Å². The van der Waals surface area contributed by atoms with Crippen LogP contribution in [0.15, 0.2) is 48.5 Å². The first-order valence-corrected chi connectivity index (χ1v) is 10.7. The first-order chi connectivity index (χ1) is 14.6. The number of amides is 3. The fraction of sp³-hybridized carbons (Fsp3) is 0.400. The van der Waals surface area contributed by atoms with Gasteiger partial charge in [-0.25, -0.2) is 0 Å². The van der Waals surface area contributed by atoms with E-state index in [4.69, 9.17) is 0 Å². The monoisotopic (exact) mass is 421 g/mol. The first kappa shape index (κ1) is 22.5. The highest BCUT2D eigenvalue weighted by atomic mass is 16.2. The summed E-state index contributed by atoms with van der Waals surface area (Å²) >= 11 is 0. The molecule has 0 spiro atoms. The van der Waals surface area contributed by atoms with Crippen molar-refractivity contribution in [2.75, 3.05) is 11.9 Å². The predicted octanol–water partition coefficient (Wildman–Crippen LogP) is 3.94. The molecule has 1 saturated carbocycles. The Kier molecular flexibility index (Phi) is 6.78. The summed E-state index contributed by atoms with van der Waals surface area (Å²) in [6, 6.07) is 14.6. The van der Waals surface area contributed by atoms with E-state index in [-0.39, 0.29) is 41.6 Å². The highest BCUT2D eigenvalue weighted by Gasteiger charge is 2.29. The van der Waals surface area contributed by atoms with Crippen LogP contribution in [0.25, 0.3) is 0 Å². The van der Waals surface area contributed by atoms with Gasteiger partial charge in [-0.1, -0.05) is 45.0 Å². The SMILES string of the molecule is CC(NC(=O)CNC(=O)c1ccc(C(C)(C)C)cc1)c1ccc(NC(=O)C2CC2)cc1. The van der Waals surface area contributed by atoms with Gasteiger partial charge in [-0.2, -0.15) is 0 Å². The van der Waals surface area contributed by atoms with Gasteiger partial charge in [0.2, 0.25) is 11.8 Å². The zero-order valence-electron chi connectivity index (χ0n) is 18.6. The molecule has 0 aromatic heterocycles. The molecule has 1 atom stereocenters. The quantitative estimate of drug-likeness (QED) is 0.633. The van der Waals surface area contributed by atoms with E-state index in [1.165, 1.54) is 0 Å². The first-order valence-electron chi connectivity index (χ1n) is 10.7. The molecule has 0 radical (unpaired) electrons. The van der Waals surface area contributed by atoms with Crippen molar-refractivity contribution < 1.29 is 14.4 Å². The van der Waals surface area contributed by atoms with Gasteiger partial charge < -0.3 is 16.0 Å². The summed E-state index contributed by atoms with van der Waals surface area (Å²) in [7, 11) is 0. The van der Waals surface area contributed by atoms with Gasteiger partial charge in [0, 0.05) is 17.2 Å². The average Bonchev–Trinajstić information content (AvgIpc) is 3.57. The highest BCUT2D eigenvalue weighted by Crippen LogP contribution is 2.30. The Balaban J connectivity index is 1.46. The second-order valence-electron chi connectivity index (χ2n) is 9.18. The maximum Gasteiger partial charge on any atom is 0.251 e. The van der Waals surface area contributed by atoms with Crippen LogP contribution in [0.5, 0.6) is 0 Å². The minimum Gasteiger partial charge on any atom is -0.348 e. The normalized spacial score (nSPS) is 14.5. The minimum atomic E-state index is -0.279. The lowest BCUT2D eigenvalue weighted by Gasteiger charge is -2.19. The maximum atomic E-state index is 12.3. The highest BCUT2D eigenvalue weighted by molar-refractivity contribution is 5.96. The number of carbonyl (C=O) groups excluding carboxylic acids is 3. The molecule has 6 nitrogen and oxygen atoms in total. The van der Waals surface area contributed by atoms with Gasteiger partial charge in [-0.3, -0.25) is 14.4 Å². The summed E-state index contributed by atoms with van der Waals surface area (Å²) in [6.07, 6.45) is 1.93. The van der Waals surface area contributed by atoms with Crippen molar-refractivity contribution >= 4 is 23.4 Å². The van der Waals surface area contributed by atoms with Gasteiger partial charge in [0.25, 0.3) is 5.91 Å². The van der Waals surface area contributed by atoms with Crippen LogP contribution in [-0.2, 0) is 15.0 Å². The van der Waals surface area contributed by atoms with Crippen molar-refractivity contribution in [2.45, 2.75) is 52.0 Å². The second kappa shape index (κ2) is 9.33. The predicted molar refractivity (Wildman–Crippen MR) is 122 cm³/mol. The minimum absolute atomic E-state index is 0.0199. The van der Waals surface area contributed by atoms with E-state index >= 15 is 0 Å². The molecule has 3 rings (SSSR count). The number of rotatable bonds is 7. The molecule has 1 unspecified atom stereocenters. The Bertz CT molecular complexity index is 939. The topological polar surface area (TPSA) is 87.3 Å². The molecular weight excluding hydrogens is 390 g/mol. The van der Waals surface area contributed by atoms with Crippen LogP contribution < -0.4 is 16.0 Å². The number of anilines is 1. The summed E-state index contributed by atoms with van der Waals surface area (Å²) in [5, 5.41) is 8.44. The smallest absolute Gasteiger partial charge is 0.251 e. The Morgan fingerprint density at radius 3 is 2.13 bits per heavy atom. The fourth-order valence-corrected chi connectivity index (χ4v) is 3.21. The molecule has 3 N–H and O–H groups in total. The maximum absolute atomic E-state index is 12.3. The van der Waals surface area contributed by atoms with Crippen molar-refractivity contribution in [3.05, 3.63) is 65.2 Å². The summed E-state index contributed by atoms with van der Waals surface area (Å²) in [5.74, 6) is -0.320. The molecule has 1 aliphatic rings. The number of carbonyl (C=O) groups is 3. The lowest BCUT2D eigenvalue weighted by molar-refractivity contribution is -0.120. The van der Waals surface area contributed by atoms with Gasteiger partial charge >= 0.3 is 0 Å². The lowest BCUT2D eigenvalue weighted by atomic mass is 9.87. The van der Waals surface area contributed by atoms with E-state index < -0.39 is 0 Å². The van der Waals surface area contributed by atoms with Crippen LogP contribution in [0.1, 0.15) is 68.1 Å². The Labute approximate surface area is 183 Å². The number of hydrogen-bond acceptors (Lipinski definition) is 3. The zero-order chi connectivity index (χ0) is 22.6. The number of hydrogen-bond donors (Lipinski definition) is 3. The van der Waals surface area contributed by atoms with Gasteiger partial charge in [0.1, 0.15) is 0 Å². The molecule has 2 aromatic carbocycles. The summed E-state index contributed by atoms with van der Waals surface area (Å²) < 4.78 is 0. The standard InChI is InChI=1S/C25H31N3O3/c1-16(17-9-13-21(14-10-17)28-24(31)19-5-6-19)27-22(29)15-26-23(30)18-7-11-20(12-8-18)25(2,3)4/h7-14,16,19H,5-6,15H2,1-4H3,(H,26,30)(H,27,29)(H,28,31). The van der Waals surface area contributed by atoms with Crippen molar-refractivity contribution in [1.29, 1.82) is 0 Å². The Morgan fingerprint density at radius 1 is 0.968 bits per heavy atom. The van der Waals surface area contributed by atoms with Crippen molar-refractivity contribution in [3.63, 3.8) is 0 Å². The van der Waals surface area contributed by atoms with E-state index in [2.05, 4.69) is 36.7 Å². The van der Waals surface area contributed by atoms with Crippen molar-refractivity contribution in [2.24, 2.45) is 5.92 Å². The van der Waals surface area contributed by atoms with E-state index in [1.54, 1.807) is 12.1 Å². The third-order valence-electron chi connectivity index (χ3n) is 5.43. The summed E-state index contributed by atoms with van der Waals surface area (Å²) in [6.45, 7) is 8.13. The van der Waals surface area contributed by atoms with Crippen LogP contribution in [0.2, 0.25) is 0 Å². The molecule has 164 valence electrons. The molecule has 3 amide bonds. The molecular formula is C25H31N3O3.